The summed E-state index contributed by atoms with van der Waals surface area (Å²) >= 11 is 0. The van der Waals surface area contributed by atoms with Gasteiger partial charge in [0.05, 0.1) is 30.3 Å². The molecular formula is C34H39N5O4. The molecule has 2 aromatic carbocycles. The Morgan fingerprint density at radius 1 is 1.23 bits per heavy atom. The van der Waals surface area contributed by atoms with Gasteiger partial charge in [0, 0.05) is 44.2 Å². The van der Waals surface area contributed by atoms with Crippen LogP contribution in [0.25, 0.3) is 11.0 Å². The van der Waals surface area contributed by atoms with Crippen LogP contribution in [0.3, 0.4) is 0 Å². The third-order valence-corrected chi connectivity index (χ3v) is 9.56. The van der Waals surface area contributed by atoms with E-state index in [2.05, 4.69) is 54.2 Å². The van der Waals surface area contributed by atoms with E-state index in [4.69, 9.17) is 14.5 Å². The Balaban J connectivity index is 1.32. The second-order valence-corrected chi connectivity index (χ2v) is 12.4. The van der Waals surface area contributed by atoms with Crippen LogP contribution in [0, 0.1) is 6.92 Å². The third kappa shape index (κ3) is 5.03. The molecule has 7 rings (SSSR count). The van der Waals surface area contributed by atoms with Gasteiger partial charge in [-0.1, -0.05) is 30.3 Å². The van der Waals surface area contributed by atoms with Crippen molar-refractivity contribution in [1.82, 2.24) is 24.9 Å². The van der Waals surface area contributed by atoms with Gasteiger partial charge in [-0.3, -0.25) is 14.7 Å². The van der Waals surface area contributed by atoms with E-state index in [0.717, 1.165) is 88.3 Å². The molecule has 1 unspecified atom stereocenters. The predicted octanol–water partition coefficient (Wildman–Crippen LogP) is 5.82. The summed E-state index contributed by atoms with van der Waals surface area (Å²) in [5, 5.41) is 19.0. The van der Waals surface area contributed by atoms with E-state index >= 15 is 0 Å². The first-order chi connectivity index (χ1) is 20.8. The SMILES string of the molecule is CC[C@@H]1CN(Cc2cc(C(CC(=O)O)c3cc(C4CC4)c4c(nnn4C)c3C)cc3c2OCC3)[C@@H](C)c2ncccc2O1. The van der Waals surface area contributed by atoms with Gasteiger partial charge >= 0.3 is 5.97 Å². The molecule has 9 nitrogen and oxygen atoms in total. The highest BCUT2D eigenvalue weighted by Crippen LogP contribution is 2.47. The first-order valence-corrected chi connectivity index (χ1v) is 15.5. The van der Waals surface area contributed by atoms with Crippen LogP contribution in [-0.4, -0.2) is 55.2 Å². The lowest BCUT2D eigenvalue weighted by Crippen LogP contribution is -2.34. The van der Waals surface area contributed by atoms with Gasteiger partial charge in [-0.05, 0) is 79.0 Å². The molecule has 224 valence electrons. The Morgan fingerprint density at radius 3 is 2.84 bits per heavy atom. The zero-order chi connectivity index (χ0) is 29.8. The number of carboxylic acid groups (broad SMARTS) is 1. The molecular weight excluding hydrogens is 542 g/mol. The number of aromatic nitrogens is 4. The number of fused-ring (bicyclic) bond motifs is 3. The maximum absolute atomic E-state index is 12.4. The predicted molar refractivity (Wildman–Crippen MR) is 163 cm³/mol. The number of aliphatic carboxylic acids is 1. The van der Waals surface area contributed by atoms with Crippen molar-refractivity contribution >= 4 is 17.0 Å². The van der Waals surface area contributed by atoms with E-state index in [0.29, 0.717) is 19.1 Å². The molecule has 4 aromatic rings. The van der Waals surface area contributed by atoms with Crippen molar-refractivity contribution in [3.63, 3.8) is 0 Å². The average Bonchev–Trinajstić information content (AvgIpc) is 3.63. The molecule has 1 aliphatic carbocycles. The van der Waals surface area contributed by atoms with E-state index in [-0.39, 0.29) is 24.5 Å². The lowest BCUT2D eigenvalue weighted by Gasteiger charge is -2.29. The zero-order valence-corrected chi connectivity index (χ0v) is 25.3. The number of carboxylic acids is 1. The van der Waals surface area contributed by atoms with Crippen LogP contribution in [-0.2, 0) is 24.8 Å². The van der Waals surface area contributed by atoms with E-state index < -0.39 is 5.97 Å². The van der Waals surface area contributed by atoms with Gasteiger partial charge in [0.15, 0.2) is 0 Å². The minimum Gasteiger partial charge on any atom is -0.493 e. The van der Waals surface area contributed by atoms with Gasteiger partial charge in [-0.25, -0.2) is 4.68 Å². The fourth-order valence-electron chi connectivity index (χ4n) is 7.06. The quantitative estimate of drug-likeness (QED) is 0.278. The normalized spacial score (nSPS) is 20.7. The third-order valence-electron chi connectivity index (χ3n) is 9.56. The van der Waals surface area contributed by atoms with E-state index in [1.165, 1.54) is 5.56 Å². The molecule has 0 radical (unpaired) electrons. The fourth-order valence-corrected chi connectivity index (χ4v) is 7.06. The number of rotatable bonds is 8. The molecule has 43 heavy (non-hydrogen) atoms. The van der Waals surface area contributed by atoms with Crippen molar-refractivity contribution in [3.8, 4) is 11.5 Å². The van der Waals surface area contributed by atoms with E-state index in [1.807, 2.05) is 30.1 Å². The maximum Gasteiger partial charge on any atom is 0.304 e. The summed E-state index contributed by atoms with van der Waals surface area (Å²) in [6.45, 7) is 8.44. The van der Waals surface area contributed by atoms with Crippen LogP contribution in [0.2, 0.25) is 0 Å². The molecule has 1 N–H and O–H groups in total. The number of benzene rings is 2. The molecule has 9 heteroatoms. The first-order valence-electron chi connectivity index (χ1n) is 15.5. The van der Waals surface area contributed by atoms with Gasteiger partial charge in [0.2, 0.25) is 0 Å². The van der Waals surface area contributed by atoms with E-state index in [9.17, 15) is 9.90 Å². The minimum atomic E-state index is -0.818. The number of pyridine rings is 1. The molecule has 2 aromatic heterocycles. The standard InChI is InChI=1S/C34H39N5O4/c1-5-25-18-39(20(3)32-29(43-25)7-6-11-35-32)17-24-14-23(13-22-10-12-42-34(22)24)27(16-30(40)41)26-15-28(21-8-9-21)33-31(19(26)2)36-37-38(33)4/h6-7,11,13-15,20-21,25,27H,5,8-10,12,16-18H2,1-4H3,(H,40,41)/t20-,25+,27?/m0/s1. The summed E-state index contributed by atoms with van der Waals surface area (Å²) in [5.74, 6) is 1.12. The Hall–Kier alpha value is -3.98. The molecule has 3 atom stereocenters. The van der Waals surface area contributed by atoms with Crippen LogP contribution in [0.15, 0.2) is 36.5 Å². The Kier molecular flexibility index (Phi) is 7.08. The van der Waals surface area contributed by atoms with Crippen molar-refractivity contribution in [2.45, 2.75) is 83.4 Å². The van der Waals surface area contributed by atoms with Gasteiger partial charge in [-0.2, -0.15) is 0 Å². The number of ether oxygens (including phenoxy) is 2. The lowest BCUT2D eigenvalue weighted by atomic mass is 9.82. The zero-order valence-electron chi connectivity index (χ0n) is 25.3. The smallest absolute Gasteiger partial charge is 0.304 e. The average molecular weight is 582 g/mol. The van der Waals surface area contributed by atoms with Crippen LogP contribution < -0.4 is 9.47 Å². The molecule has 2 aliphatic heterocycles. The van der Waals surface area contributed by atoms with Crippen LogP contribution >= 0.6 is 0 Å². The molecule has 1 fully saturated rings. The monoisotopic (exact) mass is 581 g/mol. The van der Waals surface area contributed by atoms with Crippen molar-refractivity contribution in [2.24, 2.45) is 7.05 Å². The second kappa shape index (κ2) is 10.9. The van der Waals surface area contributed by atoms with Crippen LogP contribution in [0.4, 0.5) is 0 Å². The van der Waals surface area contributed by atoms with Crippen molar-refractivity contribution in [3.05, 3.63) is 75.6 Å². The lowest BCUT2D eigenvalue weighted by molar-refractivity contribution is -0.137. The molecule has 4 heterocycles. The fraction of sp³-hybridized carbons (Fsp3) is 0.471. The van der Waals surface area contributed by atoms with Gasteiger partial charge in [-0.15, -0.1) is 5.10 Å². The Morgan fingerprint density at radius 2 is 2.07 bits per heavy atom. The number of hydrogen-bond donors (Lipinski definition) is 1. The summed E-state index contributed by atoms with van der Waals surface area (Å²) in [4.78, 5) is 19.5. The van der Waals surface area contributed by atoms with Crippen molar-refractivity contribution in [1.29, 1.82) is 0 Å². The highest BCUT2D eigenvalue weighted by atomic mass is 16.5. The first kappa shape index (κ1) is 27.8. The second-order valence-electron chi connectivity index (χ2n) is 12.4. The van der Waals surface area contributed by atoms with Crippen LogP contribution in [0.5, 0.6) is 11.5 Å². The van der Waals surface area contributed by atoms with Crippen molar-refractivity contribution < 1.29 is 19.4 Å². The minimum absolute atomic E-state index is 0.00103. The van der Waals surface area contributed by atoms with E-state index in [1.54, 1.807) is 0 Å². The number of nitrogens with zero attached hydrogens (tertiary/aromatic N) is 5. The summed E-state index contributed by atoms with van der Waals surface area (Å²) in [5.41, 5.74) is 9.39. The molecule has 0 amide bonds. The molecule has 0 bridgehead atoms. The molecule has 0 spiro atoms. The Labute approximate surface area is 251 Å². The molecule has 3 aliphatic rings. The number of aryl methyl sites for hydroxylation is 2. The Bertz CT molecular complexity index is 1710. The van der Waals surface area contributed by atoms with Crippen LogP contribution in [0.1, 0.15) is 96.5 Å². The maximum atomic E-state index is 12.4. The summed E-state index contributed by atoms with van der Waals surface area (Å²) < 4.78 is 14.4. The number of carbonyl (C=O) groups is 1. The highest BCUT2D eigenvalue weighted by Gasteiger charge is 2.33. The summed E-state index contributed by atoms with van der Waals surface area (Å²) in [6, 6.07) is 10.6. The van der Waals surface area contributed by atoms with Gasteiger partial charge < -0.3 is 14.6 Å². The summed E-state index contributed by atoms with van der Waals surface area (Å²) in [6.07, 6.45) is 5.85. The highest BCUT2D eigenvalue weighted by molar-refractivity contribution is 5.84. The summed E-state index contributed by atoms with van der Waals surface area (Å²) in [7, 11) is 1.94. The largest absolute Gasteiger partial charge is 0.493 e. The number of hydrogen-bond acceptors (Lipinski definition) is 7. The van der Waals surface area contributed by atoms with Gasteiger partial charge in [0.25, 0.3) is 0 Å². The topological polar surface area (TPSA) is 103 Å². The molecule has 0 saturated heterocycles. The molecule has 1 saturated carbocycles. The van der Waals surface area contributed by atoms with Gasteiger partial charge in [0.1, 0.15) is 23.1 Å². The van der Waals surface area contributed by atoms with Crippen molar-refractivity contribution in [2.75, 3.05) is 13.2 Å².